The summed E-state index contributed by atoms with van der Waals surface area (Å²) < 4.78 is 10.7. The van der Waals surface area contributed by atoms with Crippen LogP contribution in [0.15, 0.2) is 18.2 Å². The molecule has 0 saturated heterocycles. The van der Waals surface area contributed by atoms with Gasteiger partial charge in [-0.3, -0.25) is 4.79 Å². The molecule has 5 heteroatoms. The molecule has 2 rings (SSSR count). The van der Waals surface area contributed by atoms with Gasteiger partial charge in [0.1, 0.15) is 0 Å². The highest BCUT2D eigenvalue weighted by atomic mass is 16.7. The molecule has 1 aromatic carbocycles. The van der Waals surface area contributed by atoms with E-state index >= 15 is 0 Å². The third kappa shape index (κ3) is 2.73. The Morgan fingerprint density at radius 1 is 1.44 bits per heavy atom. The zero-order valence-electron chi connectivity index (χ0n) is 10.7. The van der Waals surface area contributed by atoms with Crippen LogP contribution in [0.2, 0.25) is 0 Å². The molecule has 1 aliphatic rings. The molecule has 18 heavy (non-hydrogen) atoms. The number of likely N-dealkylation sites (N-methyl/N-ethyl adjacent to an activating group) is 1. The molecule has 1 aromatic rings. The number of amides is 1. The number of nitrogens with one attached hydrogen (secondary N) is 2. The standard InChI is InChI=1S/C13H18N2O3/c1-3-14-13(16)9(2)15-7-10-5-4-6-11-12(10)18-8-17-11/h4-6,9,15H,3,7-8H2,1-2H3,(H,14,16). The van der Waals surface area contributed by atoms with Gasteiger partial charge >= 0.3 is 0 Å². The average molecular weight is 250 g/mol. The molecule has 0 spiro atoms. The number of hydrogen-bond acceptors (Lipinski definition) is 4. The van der Waals surface area contributed by atoms with Crippen molar-refractivity contribution in [3.8, 4) is 11.5 Å². The number of fused-ring (bicyclic) bond motifs is 1. The molecule has 1 amide bonds. The number of carbonyl (C=O) groups is 1. The van der Waals surface area contributed by atoms with Crippen LogP contribution < -0.4 is 20.1 Å². The molecule has 1 heterocycles. The zero-order chi connectivity index (χ0) is 13.0. The summed E-state index contributed by atoms with van der Waals surface area (Å²) in [6.07, 6.45) is 0. The maximum Gasteiger partial charge on any atom is 0.236 e. The van der Waals surface area contributed by atoms with E-state index in [4.69, 9.17) is 9.47 Å². The third-order valence-corrected chi connectivity index (χ3v) is 2.82. The van der Waals surface area contributed by atoms with E-state index in [1.165, 1.54) is 0 Å². The van der Waals surface area contributed by atoms with E-state index in [0.29, 0.717) is 13.1 Å². The van der Waals surface area contributed by atoms with Gasteiger partial charge in [-0.2, -0.15) is 0 Å². The number of para-hydroxylation sites is 1. The van der Waals surface area contributed by atoms with Crippen LogP contribution in [0.3, 0.4) is 0 Å². The van der Waals surface area contributed by atoms with Crippen molar-refractivity contribution in [1.82, 2.24) is 10.6 Å². The molecule has 0 aromatic heterocycles. The molecular weight excluding hydrogens is 232 g/mol. The molecule has 0 radical (unpaired) electrons. The van der Waals surface area contributed by atoms with Crippen molar-refractivity contribution in [2.24, 2.45) is 0 Å². The van der Waals surface area contributed by atoms with Gasteiger partial charge < -0.3 is 20.1 Å². The van der Waals surface area contributed by atoms with Crippen LogP contribution >= 0.6 is 0 Å². The first kappa shape index (κ1) is 12.7. The Morgan fingerprint density at radius 3 is 3.06 bits per heavy atom. The first-order valence-electron chi connectivity index (χ1n) is 6.11. The predicted octanol–water partition coefficient (Wildman–Crippen LogP) is 1.03. The fourth-order valence-electron chi connectivity index (χ4n) is 1.81. The third-order valence-electron chi connectivity index (χ3n) is 2.82. The highest BCUT2D eigenvalue weighted by molar-refractivity contribution is 5.81. The van der Waals surface area contributed by atoms with Gasteiger partial charge in [0.2, 0.25) is 12.7 Å². The van der Waals surface area contributed by atoms with Crippen molar-refractivity contribution in [1.29, 1.82) is 0 Å². The van der Waals surface area contributed by atoms with E-state index in [-0.39, 0.29) is 18.7 Å². The van der Waals surface area contributed by atoms with E-state index in [1.54, 1.807) is 0 Å². The van der Waals surface area contributed by atoms with Crippen molar-refractivity contribution in [2.45, 2.75) is 26.4 Å². The molecule has 98 valence electrons. The smallest absolute Gasteiger partial charge is 0.236 e. The average Bonchev–Trinajstić information content (AvgIpc) is 2.84. The van der Waals surface area contributed by atoms with E-state index in [9.17, 15) is 4.79 Å². The maximum atomic E-state index is 11.6. The molecule has 0 aliphatic carbocycles. The second kappa shape index (κ2) is 5.73. The second-order valence-corrected chi connectivity index (χ2v) is 4.15. The lowest BCUT2D eigenvalue weighted by Gasteiger charge is -2.14. The molecule has 2 N–H and O–H groups in total. The summed E-state index contributed by atoms with van der Waals surface area (Å²) in [6.45, 7) is 5.22. The van der Waals surface area contributed by atoms with Gasteiger partial charge in [0.15, 0.2) is 11.5 Å². The largest absolute Gasteiger partial charge is 0.454 e. The summed E-state index contributed by atoms with van der Waals surface area (Å²) in [5.41, 5.74) is 1.00. The van der Waals surface area contributed by atoms with Crippen molar-refractivity contribution in [3.63, 3.8) is 0 Å². The minimum absolute atomic E-state index is 0.00208. The first-order chi connectivity index (χ1) is 8.72. The van der Waals surface area contributed by atoms with E-state index in [1.807, 2.05) is 32.0 Å². The van der Waals surface area contributed by atoms with Crippen LogP contribution in [0.4, 0.5) is 0 Å². The summed E-state index contributed by atoms with van der Waals surface area (Å²) in [5, 5.41) is 5.94. The molecule has 0 fully saturated rings. The van der Waals surface area contributed by atoms with Crippen molar-refractivity contribution in [2.75, 3.05) is 13.3 Å². The van der Waals surface area contributed by atoms with E-state index in [0.717, 1.165) is 17.1 Å². The summed E-state index contributed by atoms with van der Waals surface area (Å²) in [7, 11) is 0. The lowest BCUT2D eigenvalue weighted by atomic mass is 10.1. The highest BCUT2D eigenvalue weighted by Crippen LogP contribution is 2.35. The molecule has 1 unspecified atom stereocenters. The van der Waals surface area contributed by atoms with Crippen LogP contribution in [0.25, 0.3) is 0 Å². The van der Waals surface area contributed by atoms with Gasteiger partial charge in [0.05, 0.1) is 6.04 Å². The molecule has 5 nitrogen and oxygen atoms in total. The normalized spacial score (nSPS) is 14.3. The first-order valence-corrected chi connectivity index (χ1v) is 6.11. The number of rotatable bonds is 5. The number of benzene rings is 1. The minimum Gasteiger partial charge on any atom is -0.454 e. The number of hydrogen-bond donors (Lipinski definition) is 2. The predicted molar refractivity (Wildman–Crippen MR) is 67.6 cm³/mol. The molecular formula is C13H18N2O3. The molecule has 1 aliphatic heterocycles. The van der Waals surface area contributed by atoms with E-state index in [2.05, 4.69) is 10.6 Å². The lowest BCUT2D eigenvalue weighted by Crippen LogP contribution is -2.41. The Kier molecular flexibility index (Phi) is 4.04. The van der Waals surface area contributed by atoms with Crippen LogP contribution in [-0.4, -0.2) is 25.3 Å². The van der Waals surface area contributed by atoms with Crippen LogP contribution in [-0.2, 0) is 11.3 Å². The Morgan fingerprint density at radius 2 is 2.28 bits per heavy atom. The molecule has 1 atom stereocenters. The van der Waals surface area contributed by atoms with Crippen molar-refractivity contribution in [3.05, 3.63) is 23.8 Å². The van der Waals surface area contributed by atoms with Gasteiger partial charge in [0, 0.05) is 18.7 Å². The van der Waals surface area contributed by atoms with Gasteiger partial charge in [-0.05, 0) is 19.9 Å². The fraction of sp³-hybridized carbons (Fsp3) is 0.462. The van der Waals surface area contributed by atoms with Crippen LogP contribution in [0.5, 0.6) is 11.5 Å². The van der Waals surface area contributed by atoms with E-state index < -0.39 is 0 Å². The number of ether oxygens (including phenoxy) is 2. The summed E-state index contributed by atoms with van der Waals surface area (Å²) >= 11 is 0. The van der Waals surface area contributed by atoms with Crippen molar-refractivity contribution < 1.29 is 14.3 Å². The molecule has 0 saturated carbocycles. The van der Waals surface area contributed by atoms with Gasteiger partial charge in [0.25, 0.3) is 0 Å². The second-order valence-electron chi connectivity index (χ2n) is 4.15. The van der Waals surface area contributed by atoms with Gasteiger partial charge in [-0.25, -0.2) is 0 Å². The summed E-state index contributed by atoms with van der Waals surface area (Å²) in [5.74, 6) is 1.54. The quantitative estimate of drug-likeness (QED) is 0.819. The Labute approximate surface area is 106 Å². The fourth-order valence-corrected chi connectivity index (χ4v) is 1.81. The monoisotopic (exact) mass is 250 g/mol. The maximum absolute atomic E-state index is 11.6. The van der Waals surface area contributed by atoms with Crippen molar-refractivity contribution >= 4 is 5.91 Å². The topological polar surface area (TPSA) is 59.6 Å². The van der Waals surface area contributed by atoms with Crippen LogP contribution in [0.1, 0.15) is 19.4 Å². The van der Waals surface area contributed by atoms with Gasteiger partial charge in [-0.1, -0.05) is 12.1 Å². The van der Waals surface area contributed by atoms with Gasteiger partial charge in [-0.15, -0.1) is 0 Å². The van der Waals surface area contributed by atoms with Crippen LogP contribution in [0, 0.1) is 0 Å². The Balaban J connectivity index is 1.95. The number of carbonyl (C=O) groups excluding carboxylic acids is 1. The molecule has 0 bridgehead atoms. The minimum atomic E-state index is -0.233. The SMILES string of the molecule is CCNC(=O)C(C)NCc1cccc2c1OCO2. The zero-order valence-corrected chi connectivity index (χ0v) is 10.7. The lowest BCUT2D eigenvalue weighted by molar-refractivity contribution is -0.122. The highest BCUT2D eigenvalue weighted by Gasteiger charge is 2.18. The summed E-state index contributed by atoms with van der Waals surface area (Å²) in [4.78, 5) is 11.6. The Bertz CT molecular complexity index is 434. The Hall–Kier alpha value is -1.75. The summed E-state index contributed by atoms with van der Waals surface area (Å²) in [6, 6.07) is 5.52.